The molecule has 5 unspecified atom stereocenters. The second-order valence-electron chi connectivity index (χ2n) is 8.22. The fourth-order valence-electron chi connectivity index (χ4n) is 3.40. The normalized spacial score (nSPS) is 18.4. The third-order valence-electron chi connectivity index (χ3n) is 5.28. The summed E-state index contributed by atoms with van der Waals surface area (Å²) in [6.07, 6.45) is -0.494. The average molecular weight is 502 g/mol. The number of carbonyl (C=O) groups is 5. The molecule has 0 spiro atoms. The molecule has 1 rings (SSSR count). The lowest BCUT2D eigenvalue weighted by molar-refractivity contribution is -0.145. The van der Waals surface area contributed by atoms with Crippen molar-refractivity contribution in [3.63, 3.8) is 0 Å². The number of aliphatic hydroxyl groups is 1. The van der Waals surface area contributed by atoms with Crippen LogP contribution in [0.25, 0.3) is 0 Å². The third kappa shape index (κ3) is 11.0. The van der Waals surface area contributed by atoms with Crippen molar-refractivity contribution in [2.45, 2.75) is 75.7 Å². The van der Waals surface area contributed by atoms with E-state index in [4.69, 9.17) is 16.6 Å². The molecule has 1 fully saturated rings. The molecule has 5 atom stereocenters. The van der Waals surface area contributed by atoms with Gasteiger partial charge in [-0.05, 0) is 45.6 Å². The maximum atomic E-state index is 13.0. The fraction of sp³-hybridized carbons (Fsp3) is 0.700. The number of guanidine groups is 1. The van der Waals surface area contributed by atoms with Gasteiger partial charge in [-0.25, -0.2) is 4.79 Å². The number of aliphatic imine (C=N–C) groups is 1. The Morgan fingerprint density at radius 2 is 1.66 bits per heavy atom. The minimum atomic E-state index is -1.67. The number of nitrogens with zero attached hydrogens (tertiary/aromatic N) is 1. The monoisotopic (exact) mass is 501 g/mol. The van der Waals surface area contributed by atoms with Gasteiger partial charge in [0.2, 0.25) is 17.7 Å². The smallest absolute Gasteiger partial charge is 0.328 e. The van der Waals surface area contributed by atoms with E-state index in [1.165, 1.54) is 0 Å². The van der Waals surface area contributed by atoms with Gasteiger partial charge in [0.1, 0.15) is 12.1 Å². The van der Waals surface area contributed by atoms with Crippen molar-refractivity contribution < 1.29 is 39.3 Å². The quantitative estimate of drug-likeness (QED) is 0.0606. The predicted octanol–water partition coefficient (Wildman–Crippen LogP) is -3.42. The number of aliphatic hydroxyl groups excluding tert-OH is 1. The number of hydrogen-bond donors (Lipinski definition) is 9. The molecule has 1 saturated heterocycles. The lowest BCUT2D eigenvalue weighted by Gasteiger charge is -2.25. The van der Waals surface area contributed by atoms with Crippen LogP contribution < -0.4 is 32.7 Å². The van der Waals surface area contributed by atoms with Crippen LogP contribution in [0.4, 0.5) is 0 Å². The van der Waals surface area contributed by atoms with Gasteiger partial charge in [0, 0.05) is 13.0 Å². The van der Waals surface area contributed by atoms with Crippen LogP contribution in [0.3, 0.4) is 0 Å². The van der Waals surface area contributed by atoms with E-state index in [1.54, 1.807) is 0 Å². The highest BCUT2D eigenvalue weighted by Crippen LogP contribution is 2.08. The SMILES string of the molecule is CC(O)C(NC(=O)C(CCC(=O)O)NC(=O)C(CCCN=C(N)N)NC(=O)C1CCCN1)C(=O)O. The lowest BCUT2D eigenvalue weighted by atomic mass is 10.1. The number of hydrogen-bond acceptors (Lipinski definition) is 8. The Labute approximate surface area is 202 Å². The van der Waals surface area contributed by atoms with Crippen LogP contribution in [-0.4, -0.2) is 94.3 Å². The molecule has 0 aromatic carbocycles. The molecule has 0 aliphatic carbocycles. The van der Waals surface area contributed by atoms with E-state index in [9.17, 15) is 34.2 Å². The maximum Gasteiger partial charge on any atom is 0.328 e. The van der Waals surface area contributed by atoms with Gasteiger partial charge in [0.15, 0.2) is 12.0 Å². The molecule has 15 heteroatoms. The Bertz CT molecular complexity index is 794. The minimum absolute atomic E-state index is 0.111. The molecule has 1 heterocycles. The second kappa shape index (κ2) is 14.7. The second-order valence-corrected chi connectivity index (χ2v) is 8.22. The van der Waals surface area contributed by atoms with Crippen LogP contribution in [0.15, 0.2) is 4.99 Å². The Balaban J connectivity index is 2.98. The first-order valence-electron chi connectivity index (χ1n) is 11.2. The zero-order valence-electron chi connectivity index (χ0n) is 19.5. The number of carboxylic acid groups (broad SMARTS) is 2. The molecule has 35 heavy (non-hydrogen) atoms. The first-order chi connectivity index (χ1) is 16.4. The molecule has 11 N–H and O–H groups in total. The van der Waals surface area contributed by atoms with Crippen molar-refractivity contribution in [2.24, 2.45) is 16.5 Å². The van der Waals surface area contributed by atoms with Crippen LogP contribution in [0.2, 0.25) is 0 Å². The lowest BCUT2D eigenvalue weighted by Crippen LogP contribution is -2.58. The Morgan fingerprint density at radius 3 is 2.17 bits per heavy atom. The first kappa shape index (κ1) is 29.6. The predicted molar refractivity (Wildman–Crippen MR) is 123 cm³/mol. The van der Waals surface area contributed by atoms with Crippen LogP contribution in [-0.2, 0) is 24.0 Å². The summed E-state index contributed by atoms with van der Waals surface area (Å²) in [7, 11) is 0. The molecule has 3 amide bonds. The summed E-state index contributed by atoms with van der Waals surface area (Å²) in [5.41, 5.74) is 10.6. The number of rotatable bonds is 15. The highest BCUT2D eigenvalue weighted by atomic mass is 16.4. The minimum Gasteiger partial charge on any atom is -0.481 e. The van der Waals surface area contributed by atoms with Gasteiger partial charge < -0.3 is 48.1 Å². The van der Waals surface area contributed by atoms with Crippen molar-refractivity contribution >= 4 is 35.6 Å². The number of nitrogens with one attached hydrogen (secondary N) is 4. The van der Waals surface area contributed by atoms with Gasteiger partial charge in [-0.2, -0.15) is 0 Å². The van der Waals surface area contributed by atoms with E-state index in [0.29, 0.717) is 19.4 Å². The largest absolute Gasteiger partial charge is 0.481 e. The Kier molecular flexibility index (Phi) is 12.4. The van der Waals surface area contributed by atoms with E-state index in [2.05, 4.69) is 26.3 Å². The average Bonchev–Trinajstić information content (AvgIpc) is 3.30. The number of amides is 3. The van der Waals surface area contributed by atoms with E-state index in [-0.39, 0.29) is 25.3 Å². The van der Waals surface area contributed by atoms with Crippen LogP contribution in [0.1, 0.15) is 45.4 Å². The Hall–Kier alpha value is -3.46. The maximum absolute atomic E-state index is 13.0. The van der Waals surface area contributed by atoms with Gasteiger partial charge in [-0.15, -0.1) is 0 Å². The zero-order valence-corrected chi connectivity index (χ0v) is 19.5. The molecule has 198 valence electrons. The summed E-state index contributed by atoms with van der Waals surface area (Å²) in [5, 5.41) is 37.9. The summed E-state index contributed by atoms with van der Waals surface area (Å²) in [5.74, 6) is -5.05. The van der Waals surface area contributed by atoms with E-state index < -0.39 is 66.4 Å². The van der Waals surface area contributed by atoms with Crippen molar-refractivity contribution in [3.8, 4) is 0 Å². The summed E-state index contributed by atoms with van der Waals surface area (Å²) >= 11 is 0. The van der Waals surface area contributed by atoms with Gasteiger partial charge >= 0.3 is 11.9 Å². The molecule has 0 radical (unpaired) electrons. The van der Waals surface area contributed by atoms with E-state index in [0.717, 1.165) is 13.3 Å². The van der Waals surface area contributed by atoms with E-state index >= 15 is 0 Å². The van der Waals surface area contributed by atoms with Crippen molar-refractivity contribution in [3.05, 3.63) is 0 Å². The molecule has 0 aromatic heterocycles. The molecule has 1 aliphatic heterocycles. The number of nitrogens with two attached hydrogens (primary N) is 2. The summed E-state index contributed by atoms with van der Waals surface area (Å²) < 4.78 is 0. The van der Waals surface area contributed by atoms with Crippen molar-refractivity contribution in [1.82, 2.24) is 21.3 Å². The van der Waals surface area contributed by atoms with Gasteiger partial charge in [-0.3, -0.25) is 24.2 Å². The van der Waals surface area contributed by atoms with Gasteiger partial charge in [0.25, 0.3) is 0 Å². The number of carboxylic acids is 2. The molecule has 0 bridgehead atoms. The van der Waals surface area contributed by atoms with E-state index in [1.807, 2.05) is 0 Å². The highest BCUT2D eigenvalue weighted by Gasteiger charge is 2.32. The molecule has 1 aliphatic rings. The summed E-state index contributed by atoms with van der Waals surface area (Å²) in [4.78, 5) is 64.4. The topological polar surface area (TPSA) is 259 Å². The number of aliphatic carboxylic acids is 2. The summed E-state index contributed by atoms with van der Waals surface area (Å²) in [6, 6.07) is -4.67. The van der Waals surface area contributed by atoms with Crippen molar-refractivity contribution in [2.75, 3.05) is 13.1 Å². The fourth-order valence-corrected chi connectivity index (χ4v) is 3.40. The Morgan fingerprint density at radius 1 is 1.03 bits per heavy atom. The van der Waals surface area contributed by atoms with Crippen molar-refractivity contribution in [1.29, 1.82) is 0 Å². The molecule has 0 aromatic rings. The number of carbonyl (C=O) groups excluding carboxylic acids is 3. The standard InChI is InChI=1S/C20H35N7O8/c1-10(28)15(19(34)35)27-18(33)13(6-7-14(29)30)26-17(32)12(5-3-9-24-20(21)22)25-16(31)11-4-2-8-23-11/h10-13,15,23,28H,2-9H2,1H3,(H,25,31)(H,26,32)(H,27,33)(H,29,30)(H,34,35)(H4,21,22,24). The van der Waals surface area contributed by atoms with Gasteiger partial charge in [-0.1, -0.05) is 0 Å². The summed E-state index contributed by atoms with van der Waals surface area (Å²) in [6.45, 7) is 2.00. The highest BCUT2D eigenvalue weighted by molar-refractivity contribution is 5.94. The molecule has 15 nitrogen and oxygen atoms in total. The van der Waals surface area contributed by atoms with Crippen LogP contribution >= 0.6 is 0 Å². The van der Waals surface area contributed by atoms with Crippen LogP contribution in [0.5, 0.6) is 0 Å². The molecular weight excluding hydrogens is 466 g/mol. The van der Waals surface area contributed by atoms with Gasteiger partial charge in [0.05, 0.1) is 12.1 Å². The molecule has 0 saturated carbocycles. The van der Waals surface area contributed by atoms with Crippen LogP contribution in [0, 0.1) is 0 Å². The first-order valence-corrected chi connectivity index (χ1v) is 11.2. The zero-order chi connectivity index (χ0) is 26.5. The third-order valence-corrected chi connectivity index (χ3v) is 5.28. The molecular formula is C20H35N7O8.